The van der Waals surface area contributed by atoms with Crippen LogP contribution in [0, 0.1) is 0 Å². The fourth-order valence-electron chi connectivity index (χ4n) is 2.96. The molecule has 1 aliphatic rings. The highest BCUT2D eigenvalue weighted by Gasteiger charge is 2.30. The van der Waals surface area contributed by atoms with E-state index >= 15 is 0 Å². The zero-order valence-corrected chi connectivity index (χ0v) is 15.7. The maximum absolute atomic E-state index is 12.5. The second-order valence-electron chi connectivity index (χ2n) is 6.53. The van der Waals surface area contributed by atoms with E-state index in [1.807, 2.05) is 24.3 Å². The van der Waals surface area contributed by atoms with E-state index < -0.39 is 10.0 Å². The van der Waals surface area contributed by atoms with E-state index in [0.29, 0.717) is 5.56 Å². The molecule has 0 radical (unpaired) electrons. The molecule has 26 heavy (non-hydrogen) atoms. The zero-order chi connectivity index (χ0) is 18.9. The lowest BCUT2D eigenvalue weighted by molar-refractivity contribution is -0.116. The summed E-state index contributed by atoms with van der Waals surface area (Å²) in [5, 5.41) is 2.91. The number of nitrogens with one attached hydrogen (secondary N) is 1. The van der Waals surface area contributed by atoms with Gasteiger partial charge in [0.15, 0.2) is 5.84 Å². The molecule has 1 aliphatic heterocycles. The van der Waals surface area contributed by atoms with Crippen LogP contribution >= 0.6 is 0 Å². The molecule has 0 bridgehead atoms. The number of rotatable bonds is 4. The Labute approximate surface area is 153 Å². The molecule has 0 fully saturated rings. The van der Waals surface area contributed by atoms with Crippen molar-refractivity contribution in [1.82, 2.24) is 4.90 Å². The standard InChI is InChI=1S/C19H21N3O3S/c1-13(2)14-8-4-6-10-16(14)20-18(23)12-22(3)19-15-9-5-7-11-17(15)26(24,25)21-19/h4-11,13H,12H2,1-3H3,(H,20,23). The van der Waals surface area contributed by atoms with E-state index in [9.17, 15) is 13.2 Å². The highest BCUT2D eigenvalue weighted by Crippen LogP contribution is 2.27. The number of amides is 1. The lowest BCUT2D eigenvalue weighted by Crippen LogP contribution is -2.35. The summed E-state index contributed by atoms with van der Waals surface area (Å²) in [6, 6.07) is 14.3. The first kappa shape index (κ1) is 18.1. The van der Waals surface area contributed by atoms with Gasteiger partial charge < -0.3 is 10.2 Å². The molecule has 6 nitrogen and oxygen atoms in total. The van der Waals surface area contributed by atoms with Gasteiger partial charge in [-0.15, -0.1) is 4.40 Å². The van der Waals surface area contributed by atoms with Gasteiger partial charge in [0.25, 0.3) is 10.0 Å². The van der Waals surface area contributed by atoms with Gasteiger partial charge >= 0.3 is 0 Å². The monoisotopic (exact) mass is 371 g/mol. The summed E-state index contributed by atoms with van der Waals surface area (Å²) in [6.45, 7) is 4.12. The van der Waals surface area contributed by atoms with E-state index in [0.717, 1.165) is 11.3 Å². The van der Waals surface area contributed by atoms with E-state index in [1.165, 1.54) is 6.07 Å². The van der Waals surface area contributed by atoms with Crippen LogP contribution in [-0.2, 0) is 14.8 Å². The lowest BCUT2D eigenvalue weighted by atomic mass is 10.0. The molecule has 0 saturated carbocycles. The summed E-state index contributed by atoms with van der Waals surface area (Å²) < 4.78 is 28.1. The van der Waals surface area contributed by atoms with E-state index in [1.54, 1.807) is 30.1 Å². The number of carbonyl (C=O) groups excluding carboxylic acids is 1. The Morgan fingerprint density at radius 1 is 1.12 bits per heavy atom. The average Bonchev–Trinajstić information content (AvgIpc) is 2.87. The summed E-state index contributed by atoms with van der Waals surface area (Å²) in [7, 11) is -2.04. The molecule has 2 aromatic rings. The molecule has 0 spiro atoms. The van der Waals surface area contributed by atoms with Crippen LogP contribution in [-0.4, -0.2) is 38.7 Å². The minimum absolute atomic E-state index is 0.00484. The number of likely N-dealkylation sites (N-methyl/N-ethyl adjacent to an activating group) is 1. The Balaban J connectivity index is 1.77. The third kappa shape index (κ3) is 3.48. The summed E-state index contributed by atoms with van der Waals surface area (Å²) in [4.78, 5) is 14.2. The van der Waals surface area contributed by atoms with Crippen LogP contribution in [0.25, 0.3) is 0 Å². The van der Waals surface area contributed by atoms with Crippen molar-refractivity contribution in [3.63, 3.8) is 0 Å². The number of carbonyl (C=O) groups is 1. The fourth-order valence-corrected chi connectivity index (χ4v) is 4.21. The van der Waals surface area contributed by atoms with Crippen LogP contribution in [0.2, 0.25) is 0 Å². The molecule has 1 N–H and O–H groups in total. The number of fused-ring (bicyclic) bond motifs is 1. The molecule has 1 heterocycles. The molecule has 1 amide bonds. The summed E-state index contributed by atoms with van der Waals surface area (Å²) in [5.41, 5.74) is 2.34. The van der Waals surface area contributed by atoms with Gasteiger partial charge in [0.2, 0.25) is 5.91 Å². The van der Waals surface area contributed by atoms with Crippen molar-refractivity contribution in [3.8, 4) is 0 Å². The largest absolute Gasteiger partial charge is 0.349 e. The Hall–Kier alpha value is -2.67. The molecule has 7 heteroatoms. The number of anilines is 1. The molecular formula is C19H21N3O3S. The number of hydrogen-bond donors (Lipinski definition) is 1. The second-order valence-corrected chi connectivity index (χ2v) is 8.10. The highest BCUT2D eigenvalue weighted by atomic mass is 32.2. The Morgan fingerprint density at radius 2 is 1.77 bits per heavy atom. The normalized spacial score (nSPS) is 14.7. The van der Waals surface area contributed by atoms with Crippen LogP contribution < -0.4 is 5.32 Å². The van der Waals surface area contributed by atoms with E-state index in [2.05, 4.69) is 23.6 Å². The maximum Gasteiger partial charge on any atom is 0.285 e. The van der Waals surface area contributed by atoms with E-state index in [4.69, 9.17) is 0 Å². The van der Waals surface area contributed by atoms with Gasteiger partial charge in [-0.05, 0) is 29.7 Å². The van der Waals surface area contributed by atoms with Gasteiger partial charge in [-0.1, -0.05) is 44.2 Å². The first-order valence-corrected chi connectivity index (χ1v) is 9.78. The van der Waals surface area contributed by atoms with Gasteiger partial charge in [-0.3, -0.25) is 4.79 Å². The Morgan fingerprint density at radius 3 is 2.50 bits per heavy atom. The number of para-hydroxylation sites is 1. The highest BCUT2D eigenvalue weighted by molar-refractivity contribution is 7.90. The average molecular weight is 371 g/mol. The van der Waals surface area contributed by atoms with Crippen LogP contribution in [0.5, 0.6) is 0 Å². The number of nitrogens with zero attached hydrogens (tertiary/aromatic N) is 2. The molecule has 0 aromatic heterocycles. The predicted molar refractivity (Wildman–Crippen MR) is 102 cm³/mol. The number of sulfonamides is 1. The van der Waals surface area contributed by atoms with Crippen molar-refractivity contribution < 1.29 is 13.2 Å². The van der Waals surface area contributed by atoms with Gasteiger partial charge in [0.1, 0.15) is 4.90 Å². The quantitative estimate of drug-likeness (QED) is 0.896. The first-order valence-electron chi connectivity index (χ1n) is 8.34. The lowest BCUT2D eigenvalue weighted by Gasteiger charge is -2.19. The molecular weight excluding hydrogens is 350 g/mol. The van der Waals surface area contributed by atoms with Gasteiger partial charge in [0, 0.05) is 18.3 Å². The van der Waals surface area contributed by atoms with Crippen molar-refractivity contribution in [2.24, 2.45) is 4.40 Å². The SMILES string of the molecule is CC(C)c1ccccc1NC(=O)CN(C)C1=NS(=O)(=O)c2ccccc21. The van der Waals surface area contributed by atoms with Crippen molar-refractivity contribution in [3.05, 3.63) is 59.7 Å². The topological polar surface area (TPSA) is 78.8 Å². The molecule has 2 aromatic carbocycles. The van der Waals surface area contributed by atoms with Crippen LogP contribution in [0.3, 0.4) is 0 Å². The van der Waals surface area contributed by atoms with Gasteiger partial charge in [0.05, 0.1) is 6.54 Å². The third-order valence-electron chi connectivity index (χ3n) is 4.21. The van der Waals surface area contributed by atoms with Crippen molar-refractivity contribution in [2.75, 3.05) is 18.9 Å². The van der Waals surface area contributed by atoms with Crippen molar-refractivity contribution in [2.45, 2.75) is 24.7 Å². The fraction of sp³-hybridized carbons (Fsp3) is 0.263. The summed E-state index contributed by atoms with van der Waals surface area (Å²) in [5.74, 6) is 0.332. The van der Waals surface area contributed by atoms with Crippen molar-refractivity contribution in [1.29, 1.82) is 0 Å². The van der Waals surface area contributed by atoms with Crippen molar-refractivity contribution >= 4 is 27.5 Å². The molecule has 0 aliphatic carbocycles. The van der Waals surface area contributed by atoms with Crippen LogP contribution in [0.15, 0.2) is 57.8 Å². The molecule has 3 rings (SSSR count). The molecule has 136 valence electrons. The van der Waals surface area contributed by atoms with Gasteiger partial charge in [-0.2, -0.15) is 8.42 Å². The van der Waals surface area contributed by atoms with Crippen LogP contribution in [0.1, 0.15) is 30.9 Å². The van der Waals surface area contributed by atoms with E-state index in [-0.39, 0.29) is 29.1 Å². The molecule has 0 unspecified atom stereocenters. The number of hydrogen-bond acceptors (Lipinski definition) is 4. The number of amidine groups is 1. The minimum atomic E-state index is -3.70. The predicted octanol–water partition coefficient (Wildman–Crippen LogP) is 2.83. The van der Waals surface area contributed by atoms with Gasteiger partial charge in [-0.25, -0.2) is 0 Å². The third-order valence-corrected chi connectivity index (χ3v) is 5.54. The molecule has 0 atom stereocenters. The Kier molecular flexibility index (Phi) is 4.82. The minimum Gasteiger partial charge on any atom is -0.349 e. The first-order chi connectivity index (χ1) is 12.3. The summed E-state index contributed by atoms with van der Waals surface area (Å²) in [6.07, 6.45) is 0. The molecule has 0 saturated heterocycles. The zero-order valence-electron chi connectivity index (χ0n) is 14.9. The number of benzene rings is 2. The smallest absolute Gasteiger partial charge is 0.285 e. The maximum atomic E-state index is 12.5. The summed E-state index contributed by atoms with van der Waals surface area (Å²) >= 11 is 0. The Bertz CT molecular complexity index is 981. The van der Waals surface area contributed by atoms with Crippen LogP contribution in [0.4, 0.5) is 5.69 Å². The second kappa shape index (κ2) is 6.92.